The SMILES string of the molecule is CC/C=C\C/C=C\C/C=C\C/C=C\CCC(=O)OCC(COC(=O)CCCCCCCCCCCCCCCCCCCCC/C=C\CCCCCCCCCC)OC(=O)CCCCCCCCC/C=C\CCCCCCCC. The zero-order valence-corrected chi connectivity index (χ0v) is 52.6. The smallest absolute Gasteiger partial charge is 0.306 e. The van der Waals surface area contributed by atoms with Crippen LogP contribution in [0.4, 0.5) is 0 Å². The molecule has 6 heteroatoms. The lowest BCUT2D eigenvalue weighted by atomic mass is 10.0. The Morgan fingerprint density at radius 3 is 0.848 bits per heavy atom. The number of hydrogen-bond donors (Lipinski definition) is 0. The molecule has 0 N–H and O–H groups in total. The van der Waals surface area contributed by atoms with Crippen LogP contribution >= 0.6 is 0 Å². The highest BCUT2D eigenvalue weighted by Gasteiger charge is 2.19. The zero-order chi connectivity index (χ0) is 57.1. The van der Waals surface area contributed by atoms with Crippen LogP contribution in [0, 0.1) is 0 Å². The highest BCUT2D eigenvalue weighted by atomic mass is 16.6. The minimum atomic E-state index is -0.806. The first kappa shape index (κ1) is 75.8. The summed E-state index contributed by atoms with van der Waals surface area (Å²) < 4.78 is 16.9. The average molecular weight is 1100 g/mol. The second-order valence-electron chi connectivity index (χ2n) is 23.1. The summed E-state index contributed by atoms with van der Waals surface area (Å²) in [4.78, 5) is 38.3. The third kappa shape index (κ3) is 65.5. The molecule has 0 heterocycles. The van der Waals surface area contributed by atoms with Crippen molar-refractivity contribution in [1.82, 2.24) is 0 Å². The lowest BCUT2D eigenvalue weighted by Crippen LogP contribution is -2.30. The Morgan fingerprint density at radius 2 is 0.519 bits per heavy atom. The standard InChI is InChI=1S/C73H130O6/c1-4-7-10-13-16-19-22-25-27-29-30-31-32-33-34-35-36-37-38-39-40-41-42-44-45-48-51-54-57-60-63-66-72(75)78-69-70(68-77-71(74)65-62-59-56-53-50-47-24-21-18-15-12-9-6-3)79-73(76)67-64-61-58-55-52-49-46-43-28-26-23-20-17-14-11-8-5-2/h9,12,18,21,26,28-30,47,50,56,59,70H,4-8,10-11,13-17,19-20,22-25,27,31-46,48-49,51-55,57-58,60-69H2,1-3H3/b12-9-,21-18-,28-26-,30-29-,50-47-,59-56-. The number of esters is 3. The minimum absolute atomic E-state index is 0.0962. The summed E-state index contributed by atoms with van der Waals surface area (Å²) in [6.07, 6.45) is 88.2. The summed E-state index contributed by atoms with van der Waals surface area (Å²) in [5.41, 5.74) is 0. The second kappa shape index (κ2) is 67.4. The summed E-state index contributed by atoms with van der Waals surface area (Å²) in [5.74, 6) is -0.970. The monoisotopic (exact) mass is 1100 g/mol. The van der Waals surface area contributed by atoms with Crippen molar-refractivity contribution in [3.8, 4) is 0 Å². The summed E-state index contributed by atoms with van der Waals surface area (Å²) in [7, 11) is 0. The van der Waals surface area contributed by atoms with E-state index in [0.717, 1.165) is 64.2 Å². The van der Waals surface area contributed by atoms with Crippen LogP contribution in [0.15, 0.2) is 72.9 Å². The molecule has 6 nitrogen and oxygen atoms in total. The predicted octanol–water partition coefficient (Wildman–Crippen LogP) is 23.7. The molecule has 0 saturated carbocycles. The number of rotatable bonds is 63. The van der Waals surface area contributed by atoms with Crippen LogP contribution in [0.3, 0.4) is 0 Å². The second-order valence-corrected chi connectivity index (χ2v) is 23.1. The molecule has 0 aromatic heterocycles. The third-order valence-corrected chi connectivity index (χ3v) is 15.2. The van der Waals surface area contributed by atoms with E-state index in [4.69, 9.17) is 14.2 Å². The molecule has 0 aliphatic heterocycles. The van der Waals surface area contributed by atoms with E-state index in [1.54, 1.807) is 0 Å². The van der Waals surface area contributed by atoms with Crippen molar-refractivity contribution in [2.45, 2.75) is 361 Å². The Bertz CT molecular complexity index is 1450. The first-order valence-corrected chi connectivity index (χ1v) is 34.4. The number of carbonyl (C=O) groups excluding carboxylic acids is 3. The van der Waals surface area contributed by atoms with Gasteiger partial charge in [0.15, 0.2) is 6.10 Å². The van der Waals surface area contributed by atoms with Gasteiger partial charge in [-0.1, -0.05) is 312 Å². The van der Waals surface area contributed by atoms with Gasteiger partial charge in [0.05, 0.1) is 0 Å². The van der Waals surface area contributed by atoms with Crippen molar-refractivity contribution in [1.29, 1.82) is 0 Å². The van der Waals surface area contributed by atoms with Gasteiger partial charge < -0.3 is 14.2 Å². The van der Waals surface area contributed by atoms with Crippen molar-refractivity contribution < 1.29 is 28.6 Å². The maximum Gasteiger partial charge on any atom is 0.306 e. The normalized spacial score (nSPS) is 12.5. The molecule has 458 valence electrons. The molecule has 0 bridgehead atoms. The van der Waals surface area contributed by atoms with Crippen molar-refractivity contribution in [3.63, 3.8) is 0 Å². The largest absolute Gasteiger partial charge is 0.462 e. The summed E-state index contributed by atoms with van der Waals surface area (Å²) in [5, 5.41) is 0. The molecule has 79 heavy (non-hydrogen) atoms. The number of hydrogen-bond acceptors (Lipinski definition) is 6. The summed E-state index contributed by atoms with van der Waals surface area (Å²) >= 11 is 0. The van der Waals surface area contributed by atoms with Crippen LogP contribution in [0.1, 0.15) is 355 Å². The van der Waals surface area contributed by atoms with Gasteiger partial charge in [0.1, 0.15) is 13.2 Å². The molecule has 0 aliphatic carbocycles. The molecule has 0 spiro atoms. The molecule has 0 amide bonds. The minimum Gasteiger partial charge on any atom is -0.462 e. The molecule has 0 saturated heterocycles. The van der Waals surface area contributed by atoms with Crippen LogP contribution in [0.5, 0.6) is 0 Å². The Balaban J connectivity index is 4.19. The van der Waals surface area contributed by atoms with Crippen LogP contribution in [-0.2, 0) is 28.6 Å². The highest BCUT2D eigenvalue weighted by molar-refractivity contribution is 5.71. The Hall–Kier alpha value is -3.15. The molecule has 1 atom stereocenters. The average Bonchev–Trinajstić information content (AvgIpc) is 3.45. The third-order valence-electron chi connectivity index (χ3n) is 15.2. The van der Waals surface area contributed by atoms with Crippen molar-refractivity contribution in [2.24, 2.45) is 0 Å². The first-order valence-electron chi connectivity index (χ1n) is 34.4. The van der Waals surface area contributed by atoms with E-state index in [0.29, 0.717) is 19.3 Å². The Kier molecular flexibility index (Phi) is 64.7. The van der Waals surface area contributed by atoms with Crippen LogP contribution in [0.2, 0.25) is 0 Å². The van der Waals surface area contributed by atoms with Crippen molar-refractivity contribution >= 4 is 17.9 Å². The maximum atomic E-state index is 12.9. The summed E-state index contributed by atoms with van der Waals surface area (Å²) in [6, 6.07) is 0. The molecule has 0 radical (unpaired) electrons. The lowest BCUT2D eigenvalue weighted by Gasteiger charge is -2.18. The van der Waals surface area contributed by atoms with Gasteiger partial charge in [-0.2, -0.15) is 0 Å². The molecule has 0 aromatic rings. The molecular weight excluding hydrogens is 973 g/mol. The van der Waals surface area contributed by atoms with Gasteiger partial charge in [-0.15, -0.1) is 0 Å². The van der Waals surface area contributed by atoms with Gasteiger partial charge in [-0.25, -0.2) is 0 Å². The van der Waals surface area contributed by atoms with Crippen LogP contribution in [-0.4, -0.2) is 37.2 Å². The van der Waals surface area contributed by atoms with Gasteiger partial charge in [0, 0.05) is 19.3 Å². The summed E-state index contributed by atoms with van der Waals surface area (Å²) in [6.45, 7) is 6.50. The van der Waals surface area contributed by atoms with Crippen molar-refractivity contribution in [3.05, 3.63) is 72.9 Å². The van der Waals surface area contributed by atoms with Gasteiger partial charge in [0.25, 0.3) is 0 Å². The van der Waals surface area contributed by atoms with E-state index in [2.05, 4.69) is 87.6 Å². The van der Waals surface area contributed by atoms with Gasteiger partial charge >= 0.3 is 17.9 Å². The first-order chi connectivity index (χ1) is 39.0. The van der Waals surface area contributed by atoms with Crippen LogP contribution < -0.4 is 0 Å². The van der Waals surface area contributed by atoms with E-state index in [-0.39, 0.29) is 37.5 Å². The maximum absolute atomic E-state index is 12.9. The fourth-order valence-corrected chi connectivity index (χ4v) is 10.0. The molecule has 0 aliphatic rings. The Morgan fingerprint density at radius 1 is 0.266 bits per heavy atom. The quantitative estimate of drug-likeness (QED) is 0.0261. The van der Waals surface area contributed by atoms with E-state index in [1.165, 1.54) is 244 Å². The highest BCUT2D eigenvalue weighted by Crippen LogP contribution is 2.18. The molecule has 0 aromatic carbocycles. The van der Waals surface area contributed by atoms with Gasteiger partial charge in [-0.05, 0) is 96.3 Å². The number of ether oxygens (including phenoxy) is 3. The fraction of sp³-hybridized carbons (Fsp3) is 0.795. The van der Waals surface area contributed by atoms with E-state index in [1.807, 2.05) is 6.08 Å². The van der Waals surface area contributed by atoms with Gasteiger partial charge in [-0.3, -0.25) is 14.4 Å². The predicted molar refractivity (Wildman–Crippen MR) is 344 cm³/mol. The van der Waals surface area contributed by atoms with Crippen LogP contribution in [0.25, 0.3) is 0 Å². The molecular formula is C73H130O6. The molecule has 0 fully saturated rings. The topological polar surface area (TPSA) is 78.9 Å². The number of allylic oxidation sites excluding steroid dienone is 12. The Labute approximate surface area is 491 Å². The molecule has 0 rings (SSSR count). The number of carbonyl (C=O) groups is 3. The number of unbranched alkanes of at least 4 members (excludes halogenated alkanes) is 40. The lowest BCUT2D eigenvalue weighted by molar-refractivity contribution is -0.166. The molecule has 1 unspecified atom stereocenters. The van der Waals surface area contributed by atoms with Gasteiger partial charge in [0.2, 0.25) is 0 Å². The van der Waals surface area contributed by atoms with E-state index >= 15 is 0 Å². The zero-order valence-electron chi connectivity index (χ0n) is 52.6. The van der Waals surface area contributed by atoms with E-state index in [9.17, 15) is 14.4 Å². The van der Waals surface area contributed by atoms with Crippen molar-refractivity contribution in [2.75, 3.05) is 13.2 Å². The van der Waals surface area contributed by atoms with E-state index < -0.39 is 6.10 Å². The fourth-order valence-electron chi connectivity index (χ4n) is 10.0.